The molecule has 0 saturated heterocycles. The zero-order valence-electron chi connectivity index (χ0n) is 16.6. The normalized spacial score (nSPS) is 18.1. The Morgan fingerprint density at radius 2 is 1.83 bits per heavy atom. The van der Waals surface area contributed by atoms with E-state index in [4.69, 9.17) is 9.47 Å². The molecule has 0 aromatic heterocycles. The van der Waals surface area contributed by atoms with Gasteiger partial charge in [-0.2, -0.15) is 0 Å². The van der Waals surface area contributed by atoms with E-state index in [1.54, 1.807) is 18.2 Å². The van der Waals surface area contributed by atoms with Crippen LogP contribution in [-0.4, -0.2) is 30.7 Å². The monoisotopic (exact) mass is 396 g/mol. The van der Waals surface area contributed by atoms with Gasteiger partial charge in [-0.05, 0) is 23.6 Å². The van der Waals surface area contributed by atoms with Crippen molar-refractivity contribution < 1.29 is 24.4 Å². The molecule has 0 bridgehead atoms. The number of nitrogens with two attached hydrogens (primary N) is 1. The van der Waals surface area contributed by atoms with Gasteiger partial charge in [0.1, 0.15) is 12.6 Å². The molecule has 2 aromatic carbocycles. The number of fused-ring (bicyclic) bond motifs is 2. The van der Waals surface area contributed by atoms with Crippen LogP contribution in [0.4, 0.5) is 5.69 Å². The number of hydrogen-bond acceptors (Lipinski definition) is 4. The van der Waals surface area contributed by atoms with Crippen molar-refractivity contribution in [2.45, 2.75) is 38.9 Å². The molecule has 0 unspecified atom stereocenters. The zero-order chi connectivity index (χ0) is 20.4. The van der Waals surface area contributed by atoms with E-state index in [0.717, 1.165) is 6.54 Å². The molecule has 2 aliphatic heterocycles. The maximum Gasteiger partial charge on any atom is 0.279 e. The molecule has 152 valence electrons. The number of ether oxygens (including phenoxy) is 2. The predicted octanol–water partition coefficient (Wildman–Crippen LogP) is 1.18. The Hall–Kier alpha value is -3.06. The lowest BCUT2D eigenvalue weighted by Gasteiger charge is -2.26. The largest absolute Gasteiger partial charge is 0.454 e. The average molecular weight is 396 g/mol. The molecule has 0 aliphatic carbocycles. The Labute approximate surface area is 169 Å². The molecule has 29 heavy (non-hydrogen) atoms. The van der Waals surface area contributed by atoms with Crippen LogP contribution in [0.25, 0.3) is 0 Å². The van der Waals surface area contributed by atoms with Gasteiger partial charge in [-0.15, -0.1) is 0 Å². The maximum atomic E-state index is 12.9. The summed E-state index contributed by atoms with van der Waals surface area (Å²) in [5.74, 6) is 0.847. The molecule has 2 aliphatic rings. The van der Waals surface area contributed by atoms with E-state index in [0.29, 0.717) is 23.6 Å². The van der Waals surface area contributed by atoms with Crippen LogP contribution in [0, 0.1) is 5.92 Å². The van der Waals surface area contributed by atoms with E-state index in [9.17, 15) is 9.59 Å². The van der Waals surface area contributed by atoms with Crippen LogP contribution < -0.4 is 25.4 Å². The summed E-state index contributed by atoms with van der Waals surface area (Å²) in [6, 6.07) is 12.6. The van der Waals surface area contributed by atoms with Gasteiger partial charge >= 0.3 is 0 Å². The first-order valence-corrected chi connectivity index (χ1v) is 9.92. The summed E-state index contributed by atoms with van der Waals surface area (Å²) in [7, 11) is 0. The van der Waals surface area contributed by atoms with Crippen LogP contribution in [0.1, 0.15) is 25.0 Å². The topological polar surface area (TPSA) is 93.3 Å². The maximum absolute atomic E-state index is 12.9. The lowest BCUT2D eigenvalue weighted by atomic mass is 9.94. The number of quaternary nitrogens is 1. The summed E-state index contributed by atoms with van der Waals surface area (Å²) in [6.45, 7) is 4.79. The lowest BCUT2D eigenvalue weighted by Crippen LogP contribution is -2.93. The minimum atomic E-state index is -0.626. The van der Waals surface area contributed by atoms with Crippen molar-refractivity contribution in [1.82, 2.24) is 5.32 Å². The van der Waals surface area contributed by atoms with Gasteiger partial charge in [0.25, 0.3) is 5.91 Å². The Morgan fingerprint density at radius 3 is 2.62 bits per heavy atom. The van der Waals surface area contributed by atoms with Crippen LogP contribution in [0.5, 0.6) is 11.5 Å². The fourth-order valence-corrected chi connectivity index (χ4v) is 3.73. The van der Waals surface area contributed by atoms with Gasteiger partial charge in [0.05, 0.1) is 0 Å². The molecule has 0 radical (unpaired) electrons. The molecule has 2 aromatic rings. The quantitative estimate of drug-likeness (QED) is 0.708. The second-order valence-corrected chi connectivity index (χ2v) is 7.81. The first kappa shape index (κ1) is 19.3. The van der Waals surface area contributed by atoms with E-state index in [-0.39, 0.29) is 30.6 Å². The highest BCUT2D eigenvalue weighted by Gasteiger charge is 2.32. The number of hydrogen-bond donors (Lipinski definition) is 3. The Bertz CT molecular complexity index is 928. The summed E-state index contributed by atoms with van der Waals surface area (Å²) in [5, 5.41) is 7.86. The van der Waals surface area contributed by atoms with Gasteiger partial charge in [0.15, 0.2) is 17.5 Å². The Balaban J connectivity index is 1.41. The fraction of sp³-hybridized carbons (Fsp3) is 0.364. The van der Waals surface area contributed by atoms with Crippen LogP contribution in [0.15, 0.2) is 42.5 Å². The first-order chi connectivity index (χ1) is 14.0. The van der Waals surface area contributed by atoms with Crippen molar-refractivity contribution in [3.8, 4) is 11.5 Å². The summed E-state index contributed by atoms with van der Waals surface area (Å²) in [4.78, 5) is 25.7. The van der Waals surface area contributed by atoms with E-state index >= 15 is 0 Å². The molecule has 7 heteroatoms. The summed E-state index contributed by atoms with van der Waals surface area (Å²) >= 11 is 0. The first-order valence-electron chi connectivity index (χ1n) is 9.92. The molecule has 2 atom stereocenters. The second kappa shape index (κ2) is 8.13. The highest BCUT2D eigenvalue weighted by molar-refractivity contribution is 5.98. The number of nitrogens with one attached hydrogen (secondary N) is 2. The highest BCUT2D eigenvalue weighted by Crippen LogP contribution is 2.34. The standard InChI is InChI=1S/C22H25N3O4/c1-13(2)20(22(27)24-16-7-8-18-19(10-16)29-12-28-18)25-21(26)17-9-14-5-3-4-6-15(14)11-23-17/h3-8,10,13,17,20,23H,9,11-12H2,1-2H3,(H,24,27)(H,25,26)/p+1/t17-,20+/m0/s1. The van der Waals surface area contributed by atoms with Crippen LogP contribution in [-0.2, 0) is 22.6 Å². The van der Waals surface area contributed by atoms with Gasteiger partial charge in [-0.1, -0.05) is 38.1 Å². The number of carbonyl (C=O) groups excluding carboxylic acids is 2. The third-order valence-corrected chi connectivity index (χ3v) is 5.40. The number of benzene rings is 2. The molecule has 0 fully saturated rings. The molecule has 7 nitrogen and oxygen atoms in total. The van der Waals surface area contributed by atoms with E-state index in [2.05, 4.69) is 22.8 Å². The van der Waals surface area contributed by atoms with Crippen molar-refractivity contribution >= 4 is 17.5 Å². The Kier molecular flexibility index (Phi) is 5.40. The van der Waals surface area contributed by atoms with Crippen molar-refractivity contribution in [3.05, 3.63) is 53.6 Å². The minimum Gasteiger partial charge on any atom is -0.454 e. The van der Waals surface area contributed by atoms with Gasteiger partial charge < -0.3 is 25.4 Å². The fourth-order valence-electron chi connectivity index (χ4n) is 3.73. The van der Waals surface area contributed by atoms with E-state index in [1.165, 1.54) is 11.1 Å². The van der Waals surface area contributed by atoms with Gasteiger partial charge in [-0.25, -0.2) is 0 Å². The minimum absolute atomic E-state index is 0.0520. The summed E-state index contributed by atoms with van der Waals surface area (Å²) < 4.78 is 10.6. The van der Waals surface area contributed by atoms with Gasteiger partial charge in [0, 0.05) is 23.7 Å². The van der Waals surface area contributed by atoms with Crippen LogP contribution in [0.3, 0.4) is 0 Å². The molecule has 2 amide bonds. The zero-order valence-corrected chi connectivity index (χ0v) is 16.6. The molecule has 2 heterocycles. The molecule has 4 N–H and O–H groups in total. The van der Waals surface area contributed by atoms with Crippen molar-refractivity contribution in [1.29, 1.82) is 0 Å². The SMILES string of the molecule is CC(C)[C@@H](NC(=O)[C@@H]1Cc2ccccc2C[NH2+]1)C(=O)Nc1ccc2c(c1)OCO2. The van der Waals surface area contributed by atoms with Crippen LogP contribution in [0.2, 0.25) is 0 Å². The van der Waals surface area contributed by atoms with E-state index < -0.39 is 6.04 Å². The number of amides is 2. The van der Waals surface area contributed by atoms with Gasteiger partial charge in [-0.3, -0.25) is 9.59 Å². The number of rotatable bonds is 5. The number of carbonyl (C=O) groups is 2. The molecule has 4 rings (SSSR count). The lowest BCUT2D eigenvalue weighted by molar-refractivity contribution is -0.695. The molecular weight excluding hydrogens is 370 g/mol. The van der Waals surface area contributed by atoms with Crippen LogP contribution >= 0.6 is 0 Å². The summed E-state index contributed by atoms with van der Waals surface area (Å²) in [6.07, 6.45) is 0.663. The van der Waals surface area contributed by atoms with Gasteiger partial charge in [0.2, 0.25) is 12.7 Å². The smallest absolute Gasteiger partial charge is 0.279 e. The van der Waals surface area contributed by atoms with Crippen molar-refractivity contribution in [2.75, 3.05) is 12.1 Å². The molecule has 0 spiro atoms. The molecular formula is C22H26N3O4+. The summed E-state index contributed by atoms with van der Waals surface area (Å²) in [5.41, 5.74) is 3.07. The highest BCUT2D eigenvalue weighted by atomic mass is 16.7. The predicted molar refractivity (Wildman–Crippen MR) is 108 cm³/mol. The third-order valence-electron chi connectivity index (χ3n) is 5.40. The van der Waals surface area contributed by atoms with Crippen molar-refractivity contribution in [2.24, 2.45) is 5.92 Å². The van der Waals surface area contributed by atoms with Crippen molar-refractivity contribution in [3.63, 3.8) is 0 Å². The number of anilines is 1. The third kappa shape index (κ3) is 4.19. The van der Waals surface area contributed by atoms with E-state index in [1.807, 2.05) is 31.3 Å². The second-order valence-electron chi connectivity index (χ2n) is 7.81. The Morgan fingerprint density at radius 1 is 1.07 bits per heavy atom. The molecule has 0 saturated carbocycles. The average Bonchev–Trinajstić information content (AvgIpc) is 3.19.